The molecule has 0 fully saturated rings. The summed E-state index contributed by atoms with van der Waals surface area (Å²) >= 11 is 0.477. The van der Waals surface area contributed by atoms with Crippen molar-refractivity contribution < 1.29 is 13.6 Å². The van der Waals surface area contributed by atoms with Gasteiger partial charge in [-0.3, -0.25) is 10.1 Å². The van der Waals surface area contributed by atoms with Crippen LogP contribution in [0.15, 0.2) is 89.8 Å². The lowest BCUT2D eigenvalue weighted by molar-refractivity contribution is -0.115. The molecule has 0 heterocycles. The first-order valence-electron chi connectivity index (χ1n) is 8.80. The van der Waals surface area contributed by atoms with E-state index in [2.05, 4.69) is 10.6 Å². The van der Waals surface area contributed by atoms with E-state index in [0.29, 0.717) is 22.3 Å². The minimum absolute atomic E-state index is 0.113. The molecular formula is C22H20F2N2OS. The quantitative estimate of drug-likeness (QED) is 0.505. The average molecular weight is 398 g/mol. The highest BCUT2D eigenvalue weighted by molar-refractivity contribution is 7.99. The summed E-state index contributed by atoms with van der Waals surface area (Å²) in [5.74, 6) is -2.66. The number of thioether (sulfide) groups is 1. The van der Waals surface area contributed by atoms with Crippen LogP contribution in [-0.2, 0) is 4.79 Å². The normalized spacial score (nSPS) is 11.0. The summed E-state index contributed by atoms with van der Waals surface area (Å²) in [5.41, 5.74) is 2.70. The van der Waals surface area contributed by atoms with Crippen LogP contribution in [0.2, 0.25) is 0 Å². The summed E-state index contributed by atoms with van der Waals surface area (Å²) in [6, 6.07) is 26.1. The number of carbonyl (C=O) groups is 1. The number of rotatable bonds is 8. The fourth-order valence-corrected chi connectivity index (χ4v) is 3.34. The maximum Gasteiger partial charge on any atom is 0.288 e. The molecule has 0 aliphatic carbocycles. The van der Waals surface area contributed by atoms with Gasteiger partial charge >= 0.3 is 0 Å². The van der Waals surface area contributed by atoms with E-state index in [1.807, 2.05) is 60.7 Å². The smallest absolute Gasteiger partial charge is 0.288 e. The fraction of sp³-hybridized carbons (Fsp3) is 0.136. The topological polar surface area (TPSA) is 41.1 Å². The van der Waals surface area contributed by atoms with E-state index in [9.17, 15) is 13.6 Å². The lowest BCUT2D eigenvalue weighted by Gasteiger charge is -2.19. The van der Waals surface area contributed by atoms with Crippen LogP contribution >= 0.6 is 11.8 Å². The summed E-state index contributed by atoms with van der Waals surface area (Å²) in [6.45, 7) is 0.113. The largest absolute Gasteiger partial charge is 0.325 e. The van der Waals surface area contributed by atoms with E-state index < -0.39 is 5.76 Å². The van der Waals surface area contributed by atoms with Crippen molar-refractivity contribution in [2.45, 2.75) is 16.7 Å². The number of nitrogens with one attached hydrogen (secondary N) is 2. The van der Waals surface area contributed by atoms with Crippen molar-refractivity contribution in [2.24, 2.45) is 0 Å². The molecule has 0 bridgehead atoms. The monoisotopic (exact) mass is 398 g/mol. The Morgan fingerprint density at radius 3 is 1.86 bits per heavy atom. The highest BCUT2D eigenvalue weighted by Gasteiger charge is 2.15. The standard InChI is InChI=1S/C22H20F2N2OS/c23-22(24)28-19-13-11-18(12-14-19)26-20(27)15-25-21(16-7-3-1-4-8-16)17-9-5-2-6-10-17/h1-14,21-22,25H,15H2,(H,26,27). The Bertz CT molecular complexity index is 835. The predicted octanol–water partition coefficient (Wildman–Crippen LogP) is 5.32. The van der Waals surface area contributed by atoms with Gasteiger partial charge in [-0.2, -0.15) is 8.78 Å². The van der Waals surface area contributed by atoms with Crippen LogP contribution in [0.3, 0.4) is 0 Å². The number of alkyl halides is 2. The molecule has 6 heteroatoms. The third-order valence-electron chi connectivity index (χ3n) is 4.10. The van der Waals surface area contributed by atoms with Gasteiger partial charge in [-0.15, -0.1) is 0 Å². The summed E-state index contributed by atoms with van der Waals surface area (Å²) in [4.78, 5) is 12.8. The lowest BCUT2D eigenvalue weighted by Crippen LogP contribution is -2.31. The highest BCUT2D eigenvalue weighted by Crippen LogP contribution is 2.26. The van der Waals surface area contributed by atoms with E-state index >= 15 is 0 Å². The van der Waals surface area contributed by atoms with E-state index in [1.165, 1.54) is 0 Å². The Kier molecular flexibility index (Phi) is 7.17. The molecule has 2 N–H and O–H groups in total. The van der Waals surface area contributed by atoms with E-state index in [-0.39, 0.29) is 18.5 Å². The van der Waals surface area contributed by atoms with Gasteiger partial charge in [-0.05, 0) is 35.4 Å². The molecule has 0 saturated heterocycles. The second-order valence-electron chi connectivity index (χ2n) is 6.09. The van der Waals surface area contributed by atoms with Crippen LogP contribution in [0.4, 0.5) is 14.5 Å². The van der Waals surface area contributed by atoms with Gasteiger partial charge in [-0.25, -0.2) is 0 Å². The molecule has 3 nitrogen and oxygen atoms in total. The molecule has 0 spiro atoms. The molecule has 0 aliphatic heterocycles. The SMILES string of the molecule is O=C(CNC(c1ccccc1)c1ccccc1)Nc1ccc(SC(F)F)cc1. The summed E-state index contributed by atoms with van der Waals surface area (Å²) < 4.78 is 24.7. The molecule has 0 unspecified atom stereocenters. The van der Waals surface area contributed by atoms with Gasteiger partial charge in [0.15, 0.2) is 0 Å². The molecule has 3 rings (SSSR count). The van der Waals surface area contributed by atoms with Gasteiger partial charge in [0, 0.05) is 10.6 Å². The third kappa shape index (κ3) is 5.90. The van der Waals surface area contributed by atoms with Gasteiger partial charge in [0.1, 0.15) is 0 Å². The second kappa shape index (κ2) is 10.0. The number of anilines is 1. The van der Waals surface area contributed by atoms with Crippen LogP contribution in [0, 0.1) is 0 Å². The highest BCUT2D eigenvalue weighted by atomic mass is 32.2. The Morgan fingerprint density at radius 1 is 0.821 bits per heavy atom. The molecule has 0 aromatic heterocycles. The number of amides is 1. The van der Waals surface area contributed by atoms with Crippen LogP contribution < -0.4 is 10.6 Å². The Balaban J connectivity index is 1.62. The van der Waals surface area contributed by atoms with Crippen molar-refractivity contribution in [3.63, 3.8) is 0 Å². The molecule has 1 amide bonds. The van der Waals surface area contributed by atoms with Gasteiger partial charge in [-0.1, -0.05) is 72.4 Å². The molecule has 28 heavy (non-hydrogen) atoms. The van der Waals surface area contributed by atoms with Crippen molar-refractivity contribution >= 4 is 23.4 Å². The zero-order chi connectivity index (χ0) is 19.8. The van der Waals surface area contributed by atoms with Crippen molar-refractivity contribution in [3.05, 3.63) is 96.1 Å². The van der Waals surface area contributed by atoms with Crippen molar-refractivity contribution in [3.8, 4) is 0 Å². The molecule has 144 valence electrons. The third-order valence-corrected chi connectivity index (χ3v) is 4.82. The summed E-state index contributed by atoms with van der Waals surface area (Å²) in [6.07, 6.45) is 0. The minimum atomic E-state index is -2.46. The first-order valence-corrected chi connectivity index (χ1v) is 9.68. The van der Waals surface area contributed by atoms with Crippen LogP contribution in [-0.4, -0.2) is 18.2 Å². The maximum absolute atomic E-state index is 12.4. The zero-order valence-corrected chi connectivity index (χ0v) is 15.8. The Hall–Kier alpha value is -2.70. The van der Waals surface area contributed by atoms with Crippen molar-refractivity contribution in [2.75, 3.05) is 11.9 Å². The molecular weight excluding hydrogens is 378 g/mol. The van der Waals surface area contributed by atoms with Gasteiger partial charge in [0.05, 0.1) is 12.6 Å². The second-order valence-corrected chi connectivity index (χ2v) is 7.15. The molecule has 0 aliphatic rings. The molecule has 0 atom stereocenters. The summed E-state index contributed by atoms with van der Waals surface area (Å²) in [7, 11) is 0. The van der Waals surface area contributed by atoms with Gasteiger partial charge in [0.2, 0.25) is 5.91 Å². The van der Waals surface area contributed by atoms with E-state index in [1.54, 1.807) is 24.3 Å². The van der Waals surface area contributed by atoms with E-state index in [0.717, 1.165) is 11.1 Å². The van der Waals surface area contributed by atoms with Crippen molar-refractivity contribution in [1.29, 1.82) is 0 Å². The van der Waals surface area contributed by atoms with Gasteiger partial charge in [0.25, 0.3) is 5.76 Å². The lowest BCUT2D eigenvalue weighted by atomic mass is 9.99. The number of hydrogen-bond donors (Lipinski definition) is 2. The Morgan fingerprint density at radius 2 is 1.36 bits per heavy atom. The molecule has 0 saturated carbocycles. The maximum atomic E-state index is 12.4. The zero-order valence-electron chi connectivity index (χ0n) is 15.0. The van der Waals surface area contributed by atoms with Crippen LogP contribution in [0.5, 0.6) is 0 Å². The first-order chi connectivity index (χ1) is 13.6. The summed E-state index contributed by atoms with van der Waals surface area (Å²) in [5, 5.41) is 6.08. The van der Waals surface area contributed by atoms with Gasteiger partial charge < -0.3 is 5.32 Å². The van der Waals surface area contributed by atoms with E-state index in [4.69, 9.17) is 0 Å². The number of carbonyl (C=O) groups excluding carboxylic acids is 1. The molecule has 3 aromatic rings. The number of benzene rings is 3. The minimum Gasteiger partial charge on any atom is -0.325 e. The fourth-order valence-electron chi connectivity index (χ4n) is 2.84. The number of hydrogen-bond acceptors (Lipinski definition) is 3. The van der Waals surface area contributed by atoms with Crippen LogP contribution in [0.1, 0.15) is 17.2 Å². The number of halogens is 2. The van der Waals surface area contributed by atoms with Crippen molar-refractivity contribution in [1.82, 2.24) is 5.32 Å². The molecule has 3 aromatic carbocycles. The molecule has 0 radical (unpaired) electrons. The van der Waals surface area contributed by atoms with Crippen LogP contribution in [0.25, 0.3) is 0 Å². The first kappa shape index (κ1) is 20.0. The Labute approximate surface area is 167 Å². The average Bonchev–Trinajstić information content (AvgIpc) is 2.71. The predicted molar refractivity (Wildman–Crippen MR) is 110 cm³/mol.